The molecule has 0 saturated carbocycles. The van der Waals surface area contributed by atoms with Gasteiger partial charge in [0, 0.05) is 31.7 Å². The molecular formula is C20H24N2O3S. The van der Waals surface area contributed by atoms with E-state index < -0.39 is 10.0 Å². The minimum Gasteiger partial charge on any atom is -0.337 e. The van der Waals surface area contributed by atoms with Gasteiger partial charge in [0.1, 0.15) is 0 Å². The summed E-state index contributed by atoms with van der Waals surface area (Å²) in [4.78, 5) is 14.9. The lowest BCUT2D eigenvalue weighted by molar-refractivity contribution is 0.0763. The fourth-order valence-electron chi connectivity index (χ4n) is 3.30. The second-order valence-electron chi connectivity index (χ2n) is 6.63. The summed E-state index contributed by atoms with van der Waals surface area (Å²) < 4.78 is 25.0. The molecule has 0 unspecified atom stereocenters. The average Bonchev–Trinajstić information content (AvgIpc) is 2.89. The summed E-state index contributed by atoms with van der Waals surface area (Å²) in [5, 5.41) is 0. The summed E-state index contributed by atoms with van der Waals surface area (Å²) in [6, 6.07) is 17.7. The predicted molar refractivity (Wildman–Crippen MR) is 103 cm³/mol. The van der Waals surface area contributed by atoms with Gasteiger partial charge >= 0.3 is 0 Å². The van der Waals surface area contributed by atoms with Crippen LogP contribution in [0.4, 0.5) is 0 Å². The summed E-state index contributed by atoms with van der Waals surface area (Å²) in [6.07, 6.45) is 2.57. The number of carbonyl (C=O) groups excluding carboxylic acids is 1. The molecule has 138 valence electrons. The van der Waals surface area contributed by atoms with Crippen LogP contribution in [0.15, 0.2) is 54.6 Å². The Hall–Kier alpha value is -2.18. The summed E-state index contributed by atoms with van der Waals surface area (Å²) in [5.41, 5.74) is 2.85. The molecule has 6 heteroatoms. The molecule has 1 fully saturated rings. The summed E-state index contributed by atoms with van der Waals surface area (Å²) in [7, 11) is -3.22. The van der Waals surface area contributed by atoms with Crippen molar-refractivity contribution in [3.05, 3.63) is 71.3 Å². The van der Waals surface area contributed by atoms with Crippen molar-refractivity contribution in [2.24, 2.45) is 0 Å². The highest BCUT2D eigenvalue weighted by Crippen LogP contribution is 2.18. The number of carbonyl (C=O) groups is 1. The Morgan fingerprint density at radius 2 is 1.62 bits per heavy atom. The molecule has 3 rings (SSSR count). The van der Waals surface area contributed by atoms with Crippen molar-refractivity contribution < 1.29 is 13.2 Å². The number of nitrogens with zero attached hydrogens (tertiary/aromatic N) is 2. The monoisotopic (exact) mass is 372 g/mol. The number of hydrogen-bond acceptors (Lipinski definition) is 3. The summed E-state index contributed by atoms with van der Waals surface area (Å²) in [5.74, 6) is -0.0214. The first-order chi connectivity index (χ1) is 12.4. The molecular weight excluding hydrogens is 348 g/mol. The van der Waals surface area contributed by atoms with E-state index in [4.69, 9.17) is 0 Å². The van der Waals surface area contributed by atoms with Crippen molar-refractivity contribution >= 4 is 15.9 Å². The summed E-state index contributed by atoms with van der Waals surface area (Å²) in [6.45, 7) is 1.82. The van der Waals surface area contributed by atoms with Gasteiger partial charge in [-0.05, 0) is 30.0 Å². The molecule has 0 atom stereocenters. The molecule has 1 heterocycles. The molecule has 2 aromatic carbocycles. The maximum Gasteiger partial charge on any atom is 0.254 e. The van der Waals surface area contributed by atoms with E-state index in [-0.39, 0.29) is 5.91 Å². The van der Waals surface area contributed by atoms with Gasteiger partial charge in [0.05, 0.1) is 6.26 Å². The Labute approximate surface area is 155 Å². The molecule has 1 amide bonds. The van der Waals surface area contributed by atoms with Crippen LogP contribution in [0.5, 0.6) is 0 Å². The second kappa shape index (κ2) is 8.01. The van der Waals surface area contributed by atoms with Crippen LogP contribution < -0.4 is 0 Å². The highest BCUT2D eigenvalue weighted by Gasteiger charge is 2.25. The molecule has 0 aromatic heterocycles. The van der Waals surface area contributed by atoms with Crippen LogP contribution in [-0.2, 0) is 16.4 Å². The molecule has 0 spiro atoms. The van der Waals surface area contributed by atoms with Crippen LogP contribution in [0.25, 0.3) is 0 Å². The van der Waals surface area contributed by atoms with E-state index >= 15 is 0 Å². The van der Waals surface area contributed by atoms with Gasteiger partial charge in [-0.15, -0.1) is 0 Å². The number of rotatable bonds is 4. The average molecular weight is 372 g/mol. The SMILES string of the molecule is CS(=O)(=O)N1CCCN(C(=O)c2ccccc2Cc2ccccc2)CC1. The molecule has 1 saturated heterocycles. The third kappa shape index (κ3) is 4.51. The van der Waals surface area contributed by atoms with Gasteiger partial charge < -0.3 is 4.90 Å². The van der Waals surface area contributed by atoms with Crippen molar-refractivity contribution in [1.29, 1.82) is 0 Å². The molecule has 26 heavy (non-hydrogen) atoms. The Morgan fingerprint density at radius 3 is 2.35 bits per heavy atom. The van der Waals surface area contributed by atoms with Crippen molar-refractivity contribution in [2.45, 2.75) is 12.8 Å². The van der Waals surface area contributed by atoms with E-state index in [1.165, 1.54) is 10.6 Å². The maximum absolute atomic E-state index is 13.1. The molecule has 2 aromatic rings. The van der Waals surface area contributed by atoms with E-state index in [0.29, 0.717) is 44.6 Å². The van der Waals surface area contributed by atoms with Gasteiger partial charge in [-0.3, -0.25) is 4.79 Å². The molecule has 0 aliphatic carbocycles. The quantitative estimate of drug-likeness (QED) is 0.828. The van der Waals surface area contributed by atoms with Crippen LogP contribution in [0.1, 0.15) is 27.9 Å². The molecule has 1 aliphatic rings. The normalized spacial score (nSPS) is 16.3. The zero-order valence-corrected chi connectivity index (χ0v) is 15.8. The van der Waals surface area contributed by atoms with Crippen molar-refractivity contribution in [1.82, 2.24) is 9.21 Å². The third-order valence-electron chi connectivity index (χ3n) is 4.70. The van der Waals surface area contributed by atoms with Gasteiger partial charge in [0.15, 0.2) is 0 Å². The first kappa shape index (κ1) is 18.6. The largest absolute Gasteiger partial charge is 0.337 e. The lowest BCUT2D eigenvalue weighted by atomic mass is 9.99. The maximum atomic E-state index is 13.1. The van der Waals surface area contributed by atoms with Crippen LogP contribution in [0, 0.1) is 0 Å². The Morgan fingerprint density at radius 1 is 0.923 bits per heavy atom. The number of amides is 1. The van der Waals surface area contributed by atoms with Crippen LogP contribution >= 0.6 is 0 Å². The zero-order chi connectivity index (χ0) is 18.6. The van der Waals surface area contributed by atoms with Gasteiger partial charge in [-0.25, -0.2) is 12.7 Å². The van der Waals surface area contributed by atoms with Crippen LogP contribution in [-0.4, -0.2) is 56.0 Å². The van der Waals surface area contributed by atoms with Gasteiger partial charge in [-0.2, -0.15) is 0 Å². The first-order valence-corrected chi connectivity index (χ1v) is 10.7. The smallest absolute Gasteiger partial charge is 0.254 e. The van der Waals surface area contributed by atoms with Crippen molar-refractivity contribution in [3.8, 4) is 0 Å². The fraction of sp³-hybridized carbons (Fsp3) is 0.350. The van der Waals surface area contributed by atoms with Crippen molar-refractivity contribution in [2.75, 3.05) is 32.4 Å². The minimum absolute atomic E-state index is 0.0214. The zero-order valence-electron chi connectivity index (χ0n) is 15.0. The Bertz CT molecular complexity index is 866. The number of hydrogen-bond donors (Lipinski definition) is 0. The fourth-order valence-corrected chi connectivity index (χ4v) is 4.17. The Balaban J connectivity index is 1.78. The summed E-state index contributed by atoms with van der Waals surface area (Å²) >= 11 is 0. The molecule has 5 nitrogen and oxygen atoms in total. The van der Waals surface area contributed by atoms with Gasteiger partial charge in [0.2, 0.25) is 10.0 Å². The van der Waals surface area contributed by atoms with E-state index in [1.807, 2.05) is 42.5 Å². The van der Waals surface area contributed by atoms with Crippen molar-refractivity contribution in [3.63, 3.8) is 0 Å². The molecule has 0 radical (unpaired) electrons. The third-order valence-corrected chi connectivity index (χ3v) is 6.00. The second-order valence-corrected chi connectivity index (χ2v) is 8.61. The predicted octanol–water partition coefficient (Wildman–Crippen LogP) is 2.38. The lowest BCUT2D eigenvalue weighted by Gasteiger charge is -2.22. The van der Waals surface area contributed by atoms with Gasteiger partial charge in [0.25, 0.3) is 5.91 Å². The highest BCUT2D eigenvalue weighted by atomic mass is 32.2. The minimum atomic E-state index is -3.22. The topological polar surface area (TPSA) is 57.7 Å². The van der Waals surface area contributed by atoms with E-state index in [9.17, 15) is 13.2 Å². The molecule has 0 bridgehead atoms. The lowest BCUT2D eigenvalue weighted by Crippen LogP contribution is -2.37. The Kier molecular flexibility index (Phi) is 5.74. The number of sulfonamides is 1. The van der Waals surface area contributed by atoms with Gasteiger partial charge in [-0.1, -0.05) is 48.5 Å². The van der Waals surface area contributed by atoms with E-state index in [2.05, 4.69) is 12.1 Å². The molecule has 0 N–H and O–H groups in total. The standard InChI is InChI=1S/C20H24N2O3S/c1-26(24,25)22-13-7-12-21(14-15-22)20(23)19-11-6-5-10-18(19)16-17-8-3-2-4-9-17/h2-6,8-11H,7,12-16H2,1H3. The molecule has 1 aliphatic heterocycles. The van der Waals surface area contributed by atoms with E-state index in [0.717, 1.165) is 11.1 Å². The van der Waals surface area contributed by atoms with Crippen LogP contribution in [0.3, 0.4) is 0 Å². The van der Waals surface area contributed by atoms with E-state index in [1.54, 1.807) is 4.90 Å². The number of benzene rings is 2. The highest BCUT2D eigenvalue weighted by molar-refractivity contribution is 7.88. The first-order valence-electron chi connectivity index (χ1n) is 8.81. The van der Waals surface area contributed by atoms with Crippen LogP contribution in [0.2, 0.25) is 0 Å².